The summed E-state index contributed by atoms with van der Waals surface area (Å²) in [6, 6.07) is 6.95. The number of hydrogen-bond acceptors (Lipinski definition) is 5. The van der Waals surface area contributed by atoms with Crippen LogP contribution in [0.5, 0.6) is 5.75 Å². The first-order valence-electron chi connectivity index (χ1n) is 7.93. The number of aromatic hydroxyl groups is 1. The van der Waals surface area contributed by atoms with Crippen molar-refractivity contribution in [3.63, 3.8) is 0 Å². The van der Waals surface area contributed by atoms with E-state index in [1.54, 1.807) is 31.3 Å². The molecule has 1 aromatic carbocycles. The highest BCUT2D eigenvalue weighted by atomic mass is 16.5. The highest BCUT2D eigenvalue weighted by molar-refractivity contribution is 5.90. The van der Waals surface area contributed by atoms with Crippen LogP contribution in [-0.4, -0.2) is 22.7 Å². The number of hydrogen-bond donors (Lipinski definition) is 2. The van der Waals surface area contributed by atoms with E-state index in [1.807, 2.05) is 6.07 Å². The van der Waals surface area contributed by atoms with Crippen molar-refractivity contribution in [2.24, 2.45) is 0 Å². The molecule has 0 aliphatic heterocycles. The summed E-state index contributed by atoms with van der Waals surface area (Å²) in [4.78, 5) is 16.4. The fourth-order valence-corrected chi connectivity index (χ4v) is 2.97. The molecule has 0 saturated heterocycles. The van der Waals surface area contributed by atoms with E-state index in [0.29, 0.717) is 12.3 Å². The second-order valence-electron chi connectivity index (χ2n) is 5.58. The third-order valence-corrected chi connectivity index (χ3v) is 4.00. The van der Waals surface area contributed by atoms with Gasteiger partial charge in [0, 0.05) is 11.8 Å². The van der Waals surface area contributed by atoms with E-state index < -0.39 is 0 Å². The Labute approximate surface area is 135 Å². The number of fused-ring (bicyclic) bond motifs is 1. The minimum atomic E-state index is -0.352. The molecule has 0 spiro atoms. The average Bonchev–Trinajstić information content (AvgIpc) is 2.55. The molecule has 23 heavy (non-hydrogen) atoms. The van der Waals surface area contributed by atoms with Gasteiger partial charge in [-0.1, -0.05) is 6.07 Å². The maximum absolute atomic E-state index is 12.1. The third kappa shape index (κ3) is 3.28. The lowest BCUT2D eigenvalue weighted by Gasteiger charge is -2.22. The standard InChI is InChI=1S/C18H20N2O3/c1-2-23-18(22)17-15-9-4-3-8-14(15)16(11-19-17)20-12-6-5-7-13(21)10-12/h5-7,10-11,20-21H,2-4,8-9H2,1H3. The van der Waals surface area contributed by atoms with E-state index >= 15 is 0 Å². The minimum Gasteiger partial charge on any atom is -0.508 e. The second kappa shape index (κ2) is 6.69. The first-order valence-corrected chi connectivity index (χ1v) is 7.93. The third-order valence-electron chi connectivity index (χ3n) is 4.00. The van der Waals surface area contributed by atoms with Crippen molar-refractivity contribution >= 4 is 17.3 Å². The molecule has 120 valence electrons. The fourth-order valence-electron chi connectivity index (χ4n) is 2.97. The lowest BCUT2D eigenvalue weighted by molar-refractivity contribution is 0.0517. The number of aromatic nitrogens is 1. The minimum absolute atomic E-state index is 0.208. The Balaban J connectivity index is 1.97. The smallest absolute Gasteiger partial charge is 0.357 e. The number of ether oxygens (including phenoxy) is 1. The van der Waals surface area contributed by atoms with Crippen LogP contribution < -0.4 is 5.32 Å². The quantitative estimate of drug-likeness (QED) is 0.844. The molecule has 0 fully saturated rings. The van der Waals surface area contributed by atoms with Crippen molar-refractivity contribution in [3.8, 4) is 5.75 Å². The average molecular weight is 312 g/mol. The molecule has 0 bridgehead atoms. The molecule has 5 heteroatoms. The van der Waals surface area contributed by atoms with Crippen LogP contribution in [0, 0.1) is 0 Å². The van der Waals surface area contributed by atoms with E-state index in [-0.39, 0.29) is 11.7 Å². The van der Waals surface area contributed by atoms with E-state index in [9.17, 15) is 9.90 Å². The van der Waals surface area contributed by atoms with Gasteiger partial charge in [0.05, 0.1) is 18.5 Å². The number of carbonyl (C=O) groups excluding carboxylic acids is 1. The molecule has 0 amide bonds. The zero-order valence-electron chi connectivity index (χ0n) is 13.1. The molecule has 5 nitrogen and oxygen atoms in total. The number of benzene rings is 1. The van der Waals surface area contributed by atoms with Gasteiger partial charge < -0.3 is 15.2 Å². The summed E-state index contributed by atoms with van der Waals surface area (Å²) in [5, 5.41) is 12.9. The summed E-state index contributed by atoms with van der Waals surface area (Å²) in [6.07, 6.45) is 5.57. The van der Waals surface area contributed by atoms with Gasteiger partial charge in [-0.3, -0.25) is 0 Å². The molecule has 1 heterocycles. The summed E-state index contributed by atoms with van der Waals surface area (Å²) in [5.41, 5.74) is 4.22. The van der Waals surface area contributed by atoms with Crippen LogP contribution in [0.25, 0.3) is 0 Å². The number of nitrogens with one attached hydrogen (secondary N) is 1. The van der Waals surface area contributed by atoms with Gasteiger partial charge in [-0.2, -0.15) is 0 Å². The zero-order chi connectivity index (χ0) is 16.2. The molecule has 0 unspecified atom stereocenters. The van der Waals surface area contributed by atoms with E-state index in [4.69, 9.17) is 4.74 Å². The van der Waals surface area contributed by atoms with Crippen molar-refractivity contribution in [2.45, 2.75) is 32.6 Å². The Kier molecular flexibility index (Phi) is 4.46. The van der Waals surface area contributed by atoms with Gasteiger partial charge in [0.2, 0.25) is 0 Å². The Hall–Kier alpha value is -2.56. The highest BCUT2D eigenvalue weighted by Gasteiger charge is 2.23. The van der Waals surface area contributed by atoms with E-state index in [2.05, 4.69) is 10.3 Å². The van der Waals surface area contributed by atoms with Crippen LogP contribution in [0.2, 0.25) is 0 Å². The molecule has 2 aromatic rings. The first kappa shape index (κ1) is 15.3. The molecule has 0 radical (unpaired) electrons. The lowest BCUT2D eigenvalue weighted by Crippen LogP contribution is -2.16. The number of phenols is 1. The van der Waals surface area contributed by atoms with Gasteiger partial charge in [0.15, 0.2) is 5.69 Å². The Bertz CT molecular complexity index is 728. The Morgan fingerprint density at radius 3 is 2.83 bits per heavy atom. The summed E-state index contributed by atoms with van der Waals surface area (Å²) in [7, 11) is 0. The summed E-state index contributed by atoms with van der Waals surface area (Å²) in [6.45, 7) is 2.14. The Morgan fingerprint density at radius 2 is 2.09 bits per heavy atom. The monoisotopic (exact) mass is 312 g/mol. The number of nitrogens with zero attached hydrogens (tertiary/aromatic N) is 1. The van der Waals surface area contributed by atoms with Crippen LogP contribution in [0.1, 0.15) is 41.4 Å². The molecular formula is C18H20N2O3. The van der Waals surface area contributed by atoms with Crippen LogP contribution in [-0.2, 0) is 17.6 Å². The number of esters is 1. The molecule has 0 saturated carbocycles. The number of anilines is 2. The van der Waals surface area contributed by atoms with Gasteiger partial charge in [-0.25, -0.2) is 9.78 Å². The van der Waals surface area contributed by atoms with Crippen molar-refractivity contribution in [1.82, 2.24) is 4.98 Å². The fraction of sp³-hybridized carbons (Fsp3) is 0.333. The predicted molar refractivity (Wildman–Crippen MR) is 88.2 cm³/mol. The number of phenolic OH excluding ortho intramolecular Hbond substituents is 1. The van der Waals surface area contributed by atoms with Crippen molar-refractivity contribution in [3.05, 3.63) is 47.3 Å². The molecule has 2 N–H and O–H groups in total. The number of carbonyl (C=O) groups is 1. The van der Waals surface area contributed by atoms with Gasteiger partial charge in [-0.05, 0) is 55.9 Å². The lowest BCUT2D eigenvalue weighted by atomic mass is 9.89. The normalized spacial score (nSPS) is 13.3. The summed E-state index contributed by atoms with van der Waals surface area (Å²) in [5.74, 6) is -0.144. The molecule has 1 aliphatic rings. The molecule has 1 aromatic heterocycles. The maximum atomic E-state index is 12.1. The second-order valence-corrected chi connectivity index (χ2v) is 5.58. The number of pyridine rings is 1. The molecular weight excluding hydrogens is 292 g/mol. The topological polar surface area (TPSA) is 71.5 Å². The van der Waals surface area contributed by atoms with Gasteiger partial charge in [0.25, 0.3) is 0 Å². The molecule has 1 aliphatic carbocycles. The molecule has 0 atom stereocenters. The van der Waals surface area contributed by atoms with Gasteiger partial charge >= 0.3 is 5.97 Å². The van der Waals surface area contributed by atoms with Crippen LogP contribution in [0.3, 0.4) is 0 Å². The van der Waals surface area contributed by atoms with Crippen molar-refractivity contribution in [1.29, 1.82) is 0 Å². The first-order chi connectivity index (χ1) is 11.2. The van der Waals surface area contributed by atoms with Gasteiger partial charge in [0.1, 0.15) is 5.75 Å². The SMILES string of the molecule is CCOC(=O)c1ncc(Nc2cccc(O)c2)c2c1CCCC2. The van der Waals surface area contributed by atoms with Crippen LogP contribution >= 0.6 is 0 Å². The largest absolute Gasteiger partial charge is 0.508 e. The summed E-state index contributed by atoms with van der Waals surface area (Å²) >= 11 is 0. The summed E-state index contributed by atoms with van der Waals surface area (Å²) < 4.78 is 5.11. The van der Waals surface area contributed by atoms with Crippen molar-refractivity contribution < 1.29 is 14.6 Å². The Morgan fingerprint density at radius 1 is 1.30 bits per heavy atom. The van der Waals surface area contributed by atoms with Gasteiger partial charge in [-0.15, -0.1) is 0 Å². The zero-order valence-corrected chi connectivity index (χ0v) is 13.1. The maximum Gasteiger partial charge on any atom is 0.357 e. The molecule has 3 rings (SSSR count). The van der Waals surface area contributed by atoms with E-state index in [1.165, 1.54) is 0 Å². The van der Waals surface area contributed by atoms with Crippen LogP contribution in [0.4, 0.5) is 11.4 Å². The van der Waals surface area contributed by atoms with Crippen molar-refractivity contribution in [2.75, 3.05) is 11.9 Å². The van der Waals surface area contributed by atoms with E-state index in [0.717, 1.165) is 48.2 Å². The highest BCUT2D eigenvalue weighted by Crippen LogP contribution is 2.32. The van der Waals surface area contributed by atoms with Crippen LogP contribution in [0.15, 0.2) is 30.5 Å². The number of rotatable bonds is 4. The predicted octanol–water partition coefficient (Wildman–Crippen LogP) is 3.59.